The number of carbonyl (C=O) groups is 1. The van der Waals surface area contributed by atoms with Crippen LogP contribution >= 0.6 is 11.9 Å². The van der Waals surface area contributed by atoms with E-state index in [1.54, 1.807) is 11.9 Å². The molecular weight excluding hydrogens is 162 g/mol. The molecule has 3 nitrogen and oxygen atoms in total. The van der Waals surface area contributed by atoms with Crippen LogP contribution in [-0.2, 0) is 9.53 Å². The summed E-state index contributed by atoms with van der Waals surface area (Å²) in [5, 5.41) is 1.97. The largest absolute Gasteiger partial charge is 0.466 e. The summed E-state index contributed by atoms with van der Waals surface area (Å²) in [5.41, 5.74) is 0. The Balaban J connectivity index is 2.12. The minimum Gasteiger partial charge on any atom is -0.466 e. The van der Waals surface area contributed by atoms with E-state index in [1.165, 1.54) is 0 Å². The minimum atomic E-state index is 0.439. The summed E-state index contributed by atoms with van der Waals surface area (Å²) in [6.07, 6.45) is 5.85. The van der Waals surface area contributed by atoms with Crippen molar-refractivity contribution in [1.29, 1.82) is 0 Å². The molecule has 0 spiro atoms. The van der Waals surface area contributed by atoms with E-state index in [0.29, 0.717) is 13.1 Å². The molecular formula is C7H9NO2S. The van der Waals surface area contributed by atoms with Gasteiger partial charge in [0.1, 0.15) is 6.61 Å². The second-order valence-electron chi connectivity index (χ2n) is 1.88. The standard InChI is InChI=1S/C7H9NO2S/c9-7-10-5-4-8-3-1-2-6-11-8/h1-3,6-7H,4-5H2. The van der Waals surface area contributed by atoms with Gasteiger partial charge in [0.05, 0.1) is 6.54 Å². The molecule has 0 saturated heterocycles. The van der Waals surface area contributed by atoms with Gasteiger partial charge in [-0.3, -0.25) is 4.79 Å². The van der Waals surface area contributed by atoms with Gasteiger partial charge in [-0.25, -0.2) is 0 Å². The first kappa shape index (κ1) is 8.20. The molecule has 1 aliphatic rings. The number of nitrogens with zero attached hydrogens (tertiary/aromatic N) is 1. The second-order valence-corrected chi connectivity index (χ2v) is 2.84. The zero-order chi connectivity index (χ0) is 7.94. The third-order valence-electron chi connectivity index (χ3n) is 1.14. The quantitative estimate of drug-likeness (QED) is 0.360. The van der Waals surface area contributed by atoms with Gasteiger partial charge in [0.2, 0.25) is 0 Å². The molecule has 1 rings (SSSR count). The molecule has 0 unspecified atom stereocenters. The fraction of sp³-hybridized carbons (Fsp3) is 0.286. The van der Waals surface area contributed by atoms with Crippen LogP contribution in [0.25, 0.3) is 0 Å². The van der Waals surface area contributed by atoms with E-state index in [1.807, 2.05) is 28.1 Å². The Bertz CT molecular complexity index is 179. The van der Waals surface area contributed by atoms with Crippen molar-refractivity contribution in [2.24, 2.45) is 0 Å². The topological polar surface area (TPSA) is 29.5 Å². The smallest absolute Gasteiger partial charge is 0.293 e. The molecule has 0 aliphatic carbocycles. The lowest BCUT2D eigenvalue weighted by Gasteiger charge is -2.17. The molecule has 11 heavy (non-hydrogen) atoms. The lowest BCUT2D eigenvalue weighted by molar-refractivity contribution is -0.128. The van der Waals surface area contributed by atoms with Crippen molar-refractivity contribution in [3.05, 3.63) is 23.8 Å². The maximum atomic E-state index is 9.77. The third-order valence-corrected chi connectivity index (χ3v) is 1.99. The highest BCUT2D eigenvalue weighted by Gasteiger charge is 1.98. The van der Waals surface area contributed by atoms with Crippen molar-refractivity contribution < 1.29 is 9.53 Å². The van der Waals surface area contributed by atoms with Crippen molar-refractivity contribution in [2.45, 2.75) is 0 Å². The van der Waals surface area contributed by atoms with Crippen molar-refractivity contribution in [3.8, 4) is 0 Å². The number of carbonyl (C=O) groups excluding carboxylic acids is 1. The summed E-state index contributed by atoms with van der Waals surface area (Å²) in [6, 6.07) is 0. The first-order valence-electron chi connectivity index (χ1n) is 3.25. The summed E-state index contributed by atoms with van der Waals surface area (Å²) in [5.74, 6) is 0. The zero-order valence-electron chi connectivity index (χ0n) is 5.97. The average Bonchev–Trinajstić information content (AvgIpc) is 2.07. The van der Waals surface area contributed by atoms with Gasteiger partial charge in [-0.1, -0.05) is 6.08 Å². The Labute approximate surface area is 69.8 Å². The highest BCUT2D eigenvalue weighted by atomic mass is 32.2. The molecule has 0 radical (unpaired) electrons. The Morgan fingerprint density at radius 2 is 2.45 bits per heavy atom. The van der Waals surface area contributed by atoms with Gasteiger partial charge in [-0.05, 0) is 23.4 Å². The van der Waals surface area contributed by atoms with Crippen LogP contribution in [0.3, 0.4) is 0 Å². The van der Waals surface area contributed by atoms with Crippen LogP contribution in [0.2, 0.25) is 0 Å². The molecule has 0 aromatic carbocycles. The summed E-state index contributed by atoms with van der Waals surface area (Å²) < 4.78 is 6.53. The summed E-state index contributed by atoms with van der Waals surface area (Å²) in [4.78, 5) is 9.77. The molecule has 4 heteroatoms. The first-order valence-corrected chi connectivity index (χ1v) is 4.09. The summed E-state index contributed by atoms with van der Waals surface area (Å²) in [7, 11) is 0. The predicted octanol–water partition coefficient (Wildman–Crippen LogP) is 1.15. The highest BCUT2D eigenvalue weighted by Crippen LogP contribution is 2.15. The average molecular weight is 171 g/mol. The van der Waals surface area contributed by atoms with E-state index in [-0.39, 0.29) is 0 Å². The second kappa shape index (κ2) is 4.85. The lowest BCUT2D eigenvalue weighted by atomic mass is 10.6. The number of hydrogen-bond donors (Lipinski definition) is 0. The molecule has 0 fully saturated rings. The van der Waals surface area contributed by atoms with E-state index in [4.69, 9.17) is 0 Å². The SMILES string of the molecule is O=COCCN1C=CC=CS1. The number of rotatable bonds is 4. The van der Waals surface area contributed by atoms with Crippen molar-refractivity contribution >= 4 is 18.4 Å². The van der Waals surface area contributed by atoms with Crippen LogP contribution in [0.4, 0.5) is 0 Å². The van der Waals surface area contributed by atoms with Crippen molar-refractivity contribution in [3.63, 3.8) is 0 Å². The van der Waals surface area contributed by atoms with Crippen LogP contribution in [0.1, 0.15) is 0 Å². The van der Waals surface area contributed by atoms with E-state index in [0.717, 1.165) is 6.54 Å². The van der Waals surface area contributed by atoms with Crippen LogP contribution in [0.5, 0.6) is 0 Å². The lowest BCUT2D eigenvalue weighted by Crippen LogP contribution is -2.14. The summed E-state index contributed by atoms with van der Waals surface area (Å²) in [6.45, 7) is 1.63. The van der Waals surface area contributed by atoms with Crippen LogP contribution in [0, 0.1) is 0 Å². The first-order chi connectivity index (χ1) is 5.43. The van der Waals surface area contributed by atoms with Gasteiger partial charge in [0.25, 0.3) is 6.47 Å². The van der Waals surface area contributed by atoms with Gasteiger partial charge in [-0.2, -0.15) is 0 Å². The molecule has 0 bridgehead atoms. The molecule has 0 saturated carbocycles. The molecule has 1 heterocycles. The van der Waals surface area contributed by atoms with Gasteiger partial charge < -0.3 is 9.04 Å². The normalized spacial score (nSPS) is 15.1. The van der Waals surface area contributed by atoms with Crippen molar-refractivity contribution in [2.75, 3.05) is 13.2 Å². The van der Waals surface area contributed by atoms with E-state index < -0.39 is 0 Å². The molecule has 1 aliphatic heterocycles. The van der Waals surface area contributed by atoms with E-state index >= 15 is 0 Å². The molecule has 0 aromatic heterocycles. The number of ether oxygens (including phenoxy) is 1. The van der Waals surface area contributed by atoms with Gasteiger partial charge >= 0.3 is 0 Å². The fourth-order valence-electron chi connectivity index (χ4n) is 0.658. The van der Waals surface area contributed by atoms with Gasteiger partial charge in [0.15, 0.2) is 0 Å². The van der Waals surface area contributed by atoms with Crippen LogP contribution in [0.15, 0.2) is 23.8 Å². The predicted molar refractivity (Wildman–Crippen MR) is 44.6 cm³/mol. The Kier molecular flexibility index (Phi) is 3.61. The van der Waals surface area contributed by atoms with Gasteiger partial charge in [-0.15, -0.1) is 0 Å². The Hall–Kier alpha value is -0.900. The molecule has 60 valence electrons. The van der Waals surface area contributed by atoms with E-state index in [9.17, 15) is 4.79 Å². The molecule has 0 atom stereocenters. The van der Waals surface area contributed by atoms with Crippen LogP contribution in [-0.4, -0.2) is 23.9 Å². The highest BCUT2D eigenvalue weighted by molar-refractivity contribution is 8.00. The minimum absolute atomic E-state index is 0.439. The maximum absolute atomic E-state index is 9.77. The monoisotopic (exact) mass is 171 g/mol. The molecule has 0 amide bonds. The molecule has 0 N–H and O–H groups in total. The van der Waals surface area contributed by atoms with Gasteiger partial charge in [0, 0.05) is 6.20 Å². The number of hydrogen-bond acceptors (Lipinski definition) is 4. The number of allylic oxidation sites excluding steroid dienone is 2. The third kappa shape index (κ3) is 3.13. The Morgan fingerprint density at radius 1 is 1.55 bits per heavy atom. The maximum Gasteiger partial charge on any atom is 0.293 e. The van der Waals surface area contributed by atoms with E-state index in [2.05, 4.69) is 4.74 Å². The Morgan fingerprint density at radius 3 is 3.09 bits per heavy atom. The molecule has 0 aromatic rings. The summed E-state index contributed by atoms with van der Waals surface area (Å²) >= 11 is 1.58. The fourth-order valence-corrected chi connectivity index (χ4v) is 1.30. The zero-order valence-corrected chi connectivity index (χ0v) is 6.79. The van der Waals surface area contributed by atoms with Crippen LogP contribution < -0.4 is 0 Å². The van der Waals surface area contributed by atoms with Crippen molar-refractivity contribution in [1.82, 2.24) is 4.31 Å².